The van der Waals surface area contributed by atoms with E-state index in [1.54, 1.807) is 24.3 Å². The number of aromatic nitrogens is 1. The van der Waals surface area contributed by atoms with E-state index >= 15 is 0 Å². The number of urea groups is 1. The van der Waals surface area contributed by atoms with Crippen molar-refractivity contribution in [2.45, 2.75) is 25.0 Å². The standard InChI is InChI=1S/C31H29N5O5S/c1-4-24(37)31(15-21(40-3)16-32-17-31)35-28(38)27-26-25-23(12-13-33-29(25)42-27)36(30(39)34-26)22-11-10-20(14-18(22)2)41-19-8-6-5-7-9-19/h4-14,21,32H,1,15-17H2,2-3H3,(H,34,39)(H,35,38)/t21-,31+/m0/s1. The van der Waals surface area contributed by atoms with E-state index in [4.69, 9.17) is 9.47 Å². The number of ketones is 1. The summed E-state index contributed by atoms with van der Waals surface area (Å²) in [5, 5.41) is 9.68. The average Bonchev–Trinajstić information content (AvgIpc) is 3.37. The van der Waals surface area contributed by atoms with Gasteiger partial charge in [-0.2, -0.15) is 0 Å². The van der Waals surface area contributed by atoms with Crippen molar-refractivity contribution in [2.24, 2.45) is 0 Å². The Hall–Kier alpha value is -4.58. The molecule has 0 radical (unpaired) electrons. The number of thiophene rings is 1. The number of nitrogens with one attached hydrogen (secondary N) is 3. The molecule has 2 atom stereocenters. The first-order valence-corrected chi connectivity index (χ1v) is 14.2. The van der Waals surface area contributed by atoms with Gasteiger partial charge in [-0.15, -0.1) is 11.3 Å². The zero-order valence-electron chi connectivity index (χ0n) is 23.1. The summed E-state index contributed by atoms with van der Waals surface area (Å²) in [6.45, 7) is 6.33. The molecule has 0 spiro atoms. The van der Waals surface area contributed by atoms with Crippen LogP contribution in [0.2, 0.25) is 0 Å². The lowest BCUT2D eigenvalue weighted by Crippen LogP contribution is -2.65. The van der Waals surface area contributed by atoms with Gasteiger partial charge in [0.2, 0.25) is 0 Å². The lowest BCUT2D eigenvalue weighted by atomic mass is 9.84. The summed E-state index contributed by atoms with van der Waals surface area (Å²) < 4.78 is 11.4. The molecule has 3 N–H and O–H groups in total. The lowest BCUT2D eigenvalue weighted by Gasteiger charge is -2.39. The predicted molar refractivity (Wildman–Crippen MR) is 162 cm³/mol. The third-order valence-corrected chi connectivity index (χ3v) is 8.65. The normalized spacial score (nSPS) is 19.7. The Labute approximate surface area is 246 Å². The number of amides is 3. The Balaban J connectivity index is 1.35. The Morgan fingerprint density at radius 2 is 1.98 bits per heavy atom. The fourth-order valence-corrected chi connectivity index (χ4v) is 6.53. The maximum Gasteiger partial charge on any atom is 0.331 e. The summed E-state index contributed by atoms with van der Waals surface area (Å²) in [6, 6.07) is 16.3. The van der Waals surface area contributed by atoms with Crippen molar-refractivity contribution in [3.8, 4) is 11.5 Å². The number of pyridine rings is 1. The number of nitrogens with zero attached hydrogens (tertiary/aromatic N) is 2. The van der Waals surface area contributed by atoms with Crippen molar-refractivity contribution in [3.05, 3.63) is 83.9 Å². The van der Waals surface area contributed by atoms with Crippen LogP contribution in [0, 0.1) is 6.92 Å². The lowest BCUT2D eigenvalue weighted by molar-refractivity contribution is -0.122. The van der Waals surface area contributed by atoms with Crippen molar-refractivity contribution in [3.63, 3.8) is 0 Å². The van der Waals surface area contributed by atoms with Crippen molar-refractivity contribution in [1.82, 2.24) is 15.6 Å². The molecule has 0 unspecified atom stereocenters. The molecule has 6 rings (SSSR count). The van der Waals surface area contributed by atoms with Crippen molar-refractivity contribution < 1.29 is 23.9 Å². The first kappa shape index (κ1) is 27.6. The average molecular weight is 584 g/mol. The summed E-state index contributed by atoms with van der Waals surface area (Å²) in [5.41, 5.74) is 1.22. The number of hydrogen-bond donors (Lipinski definition) is 3. The van der Waals surface area contributed by atoms with E-state index in [9.17, 15) is 14.4 Å². The summed E-state index contributed by atoms with van der Waals surface area (Å²) in [5.74, 6) is 0.554. The molecule has 3 amide bonds. The fourth-order valence-electron chi connectivity index (χ4n) is 5.51. The number of piperidine rings is 1. The summed E-state index contributed by atoms with van der Waals surface area (Å²) in [7, 11) is 1.57. The number of methoxy groups -OCH3 is 1. The van der Waals surface area contributed by atoms with Crippen LogP contribution in [0.15, 0.2) is 73.4 Å². The van der Waals surface area contributed by atoms with Crippen LogP contribution >= 0.6 is 11.3 Å². The quantitative estimate of drug-likeness (QED) is 0.240. The number of anilines is 3. The zero-order valence-corrected chi connectivity index (χ0v) is 23.9. The number of para-hydroxylation sites is 1. The highest BCUT2D eigenvalue weighted by Crippen LogP contribution is 2.46. The Kier molecular flexibility index (Phi) is 7.23. The monoisotopic (exact) mass is 583 g/mol. The van der Waals surface area contributed by atoms with Gasteiger partial charge in [0.15, 0.2) is 5.78 Å². The van der Waals surface area contributed by atoms with Gasteiger partial charge < -0.3 is 25.4 Å². The summed E-state index contributed by atoms with van der Waals surface area (Å²) in [6.07, 6.45) is 2.86. The molecule has 2 aliphatic rings. The second kappa shape index (κ2) is 11.0. The van der Waals surface area contributed by atoms with Crippen LogP contribution in [0.5, 0.6) is 11.5 Å². The second-order valence-corrected chi connectivity index (χ2v) is 11.2. The number of aryl methyl sites for hydroxylation is 1. The van der Waals surface area contributed by atoms with E-state index in [0.29, 0.717) is 51.7 Å². The van der Waals surface area contributed by atoms with Crippen LogP contribution in [0.1, 0.15) is 21.7 Å². The van der Waals surface area contributed by atoms with Gasteiger partial charge in [0.05, 0.1) is 28.6 Å². The van der Waals surface area contributed by atoms with Gasteiger partial charge in [-0.3, -0.25) is 14.5 Å². The van der Waals surface area contributed by atoms with Gasteiger partial charge in [-0.25, -0.2) is 9.78 Å². The van der Waals surface area contributed by atoms with Crippen LogP contribution in [0.4, 0.5) is 21.9 Å². The van der Waals surface area contributed by atoms with E-state index in [1.165, 1.54) is 6.08 Å². The second-order valence-electron chi connectivity index (χ2n) is 10.2. The first-order chi connectivity index (χ1) is 20.3. The molecule has 214 valence electrons. The maximum atomic E-state index is 13.8. The molecule has 42 heavy (non-hydrogen) atoms. The van der Waals surface area contributed by atoms with Crippen LogP contribution in [-0.4, -0.2) is 54.5 Å². The topological polar surface area (TPSA) is 122 Å². The third kappa shape index (κ3) is 4.81. The van der Waals surface area contributed by atoms with Gasteiger partial charge >= 0.3 is 6.03 Å². The van der Waals surface area contributed by atoms with E-state index in [0.717, 1.165) is 16.9 Å². The molecule has 2 aromatic heterocycles. The molecule has 11 heteroatoms. The molecule has 0 saturated carbocycles. The first-order valence-electron chi connectivity index (χ1n) is 13.4. The largest absolute Gasteiger partial charge is 0.457 e. The minimum absolute atomic E-state index is 0.233. The van der Waals surface area contributed by atoms with Gasteiger partial charge in [-0.1, -0.05) is 24.8 Å². The molecule has 1 saturated heterocycles. The van der Waals surface area contributed by atoms with Crippen LogP contribution in [0.25, 0.3) is 10.2 Å². The molecule has 10 nitrogen and oxygen atoms in total. The van der Waals surface area contributed by atoms with Crippen molar-refractivity contribution in [1.29, 1.82) is 0 Å². The summed E-state index contributed by atoms with van der Waals surface area (Å²) >= 11 is 1.16. The van der Waals surface area contributed by atoms with Gasteiger partial charge in [0, 0.05) is 32.8 Å². The van der Waals surface area contributed by atoms with Gasteiger partial charge in [0.1, 0.15) is 26.7 Å². The number of rotatable bonds is 8. The number of benzene rings is 2. The number of hydrogen-bond acceptors (Lipinski definition) is 8. The number of carbonyl (C=O) groups excluding carboxylic acids is 3. The third-order valence-electron chi connectivity index (χ3n) is 7.56. The molecule has 1 fully saturated rings. The van der Waals surface area contributed by atoms with Crippen LogP contribution < -0.4 is 25.6 Å². The molecule has 0 aliphatic carbocycles. The molecular weight excluding hydrogens is 554 g/mol. The van der Waals surface area contributed by atoms with E-state index < -0.39 is 17.5 Å². The highest BCUT2D eigenvalue weighted by molar-refractivity contribution is 7.21. The molecule has 2 aromatic carbocycles. The van der Waals surface area contributed by atoms with Crippen molar-refractivity contribution in [2.75, 3.05) is 30.4 Å². The Morgan fingerprint density at radius 3 is 2.71 bits per heavy atom. The van der Waals surface area contributed by atoms with Gasteiger partial charge in [0.25, 0.3) is 5.91 Å². The molecule has 4 aromatic rings. The summed E-state index contributed by atoms with van der Waals surface area (Å²) in [4.78, 5) is 47.3. The van der Waals surface area contributed by atoms with Crippen LogP contribution in [0.3, 0.4) is 0 Å². The Bertz CT molecular complexity index is 1720. The molecule has 4 heterocycles. The van der Waals surface area contributed by atoms with E-state index in [1.807, 2.05) is 55.5 Å². The SMILES string of the molecule is C=CC(=O)[C@]1(NC(=O)c2sc3nccc4c3c2NC(=O)N4c2ccc(Oc3ccccc3)cc2C)CNC[C@@H](OC)C1. The van der Waals surface area contributed by atoms with E-state index in [-0.39, 0.29) is 23.3 Å². The smallest absolute Gasteiger partial charge is 0.331 e. The number of carbonyl (C=O) groups is 3. The number of ether oxygens (including phenoxy) is 2. The highest BCUT2D eigenvalue weighted by Gasteiger charge is 2.44. The highest BCUT2D eigenvalue weighted by atomic mass is 32.1. The van der Waals surface area contributed by atoms with E-state index in [2.05, 4.69) is 27.5 Å². The molecular formula is C31H29N5O5S. The predicted octanol–water partition coefficient (Wildman–Crippen LogP) is 5.31. The maximum absolute atomic E-state index is 13.8. The molecule has 2 aliphatic heterocycles. The Morgan fingerprint density at radius 1 is 1.17 bits per heavy atom. The zero-order chi connectivity index (χ0) is 29.4. The fraction of sp³-hybridized carbons (Fsp3) is 0.226. The van der Waals surface area contributed by atoms with Gasteiger partial charge in [-0.05, 0) is 55.0 Å². The van der Waals surface area contributed by atoms with Crippen molar-refractivity contribution >= 4 is 56.3 Å². The minimum Gasteiger partial charge on any atom is -0.457 e. The minimum atomic E-state index is -1.23. The van der Waals surface area contributed by atoms with Crippen LogP contribution in [-0.2, 0) is 9.53 Å². The molecule has 0 bridgehead atoms.